The van der Waals surface area contributed by atoms with E-state index in [2.05, 4.69) is 0 Å². The van der Waals surface area contributed by atoms with E-state index in [9.17, 15) is 30.3 Å². The maximum absolute atomic E-state index is 12.8. The van der Waals surface area contributed by atoms with Crippen LogP contribution in [-0.4, -0.2) is 37.9 Å². The molecular formula is C30H25ClO7. The van der Waals surface area contributed by atoms with Gasteiger partial charge in [0.05, 0.1) is 6.61 Å². The first-order valence-electron chi connectivity index (χ1n) is 12.0. The Hall–Kier alpha value is -4.36. The van der Waals surface area contributed by atoms with Crippen molar-refractivity contribution in [3.05, 3.63) is 105 Å². The van der Waals surface area contributed by atoms with Gasteiger partial charge in [0.2, 0.25) is 0 Å². The van der Waals surface area contributed by atoms with E-state index in [0.29, 0.717) is 28.1 Å². The summed E-state index contributed by atoms with van der Waals surface area (Å²) in [6.07, 6.45) is 0.356. The largest absolute Gasteiger partial charge is 0.508 e. The van der Waals surface area contributed by atoms with Crippen LogP contribution in [0.25, 0.3) is 0 Å². The van der Waals surface area contributed by atoms with Crippen molar-refractivity contribution >= 4 is 17.4 Å². The van der Waals surface area contributed by atoms with Gasteiger partial charge in [0, 0.05) is 41.8 Å². The molecule has 0 atom stereocenters. The number of benzene rings is 4. The van der Waals surface area contributed by atoms with Crippen molar-refractivity contribution in [2.75, 3.05) is 6.61 Å². The van der Waals surface area contributed by atoms with Gasteiger partial charge in [-0.2, -0.15) is 0 Å². The fourth-order valence-corrected chi connectivity index (χ4v) is 4.97. The fraction of sp³-hybridized carbons (Fsp3) is 0.167. The fourth-order valence-electron chi connectivity index (χ4n) is 4.78. The minimum Gasteiger partial charge on any atom is -0.508 e. The molecule has 0 saturated carbocycles. The quantitative estimate of drug-likeness (QED) is 0.218. The number of aromatic hydroxyl groups is 5. The van der Waals surface area contributed by atoms with Crippen LogP contribution in [0, 0.1) is 0 Å². The van der Waals surface area contributed by atoms with E-state index >= 15 is 0 Å². The Morgan fingerprint density at radius 1 is 0.711 bits per heavy atom. The molecule has 0 bridgehead atoms. The van der Waals surface area contributed by atoms with E-state index in [4.69, 9.17) is 16.3 Å². The number of ketones is 1. The number of phenolic OH excluding ortho intramolecular Hbond substituents is 5. The predicted octanol–water partition coefficient (Wildman–Crippen LogP) is 5.61. The maximum Gasteiger partial charge on any atom is 0.173 e. The lowest BCUT2D eigenvalue weighted by molar-refractivity contribution is 0.0928. The lowest BCUT2D eigenvalue weighted by atomic mass is 9.89. The number of Topliss-reactive ketones (excluding diaryl/α,β-unsaturated/α-hetero) is 1. The van der Waals surface area contributed by atoms with Crippen molar-refractivity contribution in [3.8, 4) is 34.5 Å². The van der Waals surface area contributed by atoms with Gasteiger partial charge in [-0.3, -0.25) is 4.79 Å². The van der Waals surface area contributed by atoms with Gasteiger partial charge < -0.3 is 30.3 Å². The summed E-state index contributed by atoms with van der Waals surface area (Å²) in [5.74, 6) is -0.934. The van der Waals surface area contributed by atoms with Gasteiger partial charge in [0.1, 0.15) is 40.1 Å². The topological polar surface area (TPSA) is 127 Å². The molecule has 0 saturated heterocycles. The molecule has 0 fully saturated rings. The SMILES string of the molecule is O=C1CCOc2c(Cc3cc(Cl)ccc3O)c(O)c(Cc3cc(Cc4ccccc4O)ccc3O)c(O)c21. The van der Waals surface area contributed by atoms with Crippen LogP contribution < -0.4 is 4.74 Å². The summed E-state index contributed by atoms with van der Waals surface area (Å²) in [5, 5.41) is 54.0. The van der Waals surface area contributed by atoms with Crippen LogP contribution in [-0.2, 0) is 19.3 Å². The molecule has 4 aromatic rings. The van der Waals surface area contributed by atoms with Crippen molar-refractivity contribution in [1.29, 1.82) is 0 Å². The number of ether oxygens (including phenoxy) is 1. The van der Waals surface area contributed by atoms with Crippen molar-refractivity contribution in [2.45, 2.75) is 25.7 Å². The zero-order valence-electron chi connectivity index (χ0n) is 20.2. The molecule has 5 N–H and O–H groups in total. The Kier molecular flexibility index (Phi) is 6.78. The number of phenols is 5. The molecule has 0 radical (unpaired) electrons. The van der Waals surface area contributed by atoms with E-state index < -0.39 is 5.75 Å². The molecule has 4 aromatic carbocycles. The smallest absolute Gasteiger partial charge is 0.173 e. The van der Waals surface area contributed by atoms with Crippen molar-refractivity contribution in [2.24, 2.45) is 0 Å². The van der Waals surface area contributed by atoms with Crippen molar-refractivity contribution in [3.63, 3.8) is 0 Å². The standard InChI is InChI=1S/C30H25ClO7/c31-20-6-8-25(34)19(13-20)15-22-28(36)21(29(37)27-26(35)9-10-38-30(22)27)14-18-12-16(5-7-24(18)33)11-17-3-1-2-4-23(17)32/h1-8,12-13,32-34,36-37H,9-11,14-15H2. The zero-order valence-corrected chi connectivity index (χ0v) is 21.0. The molecule has 1 aliphatic heterocycles. The van der Waals surface area contributed by atoms with E-state index in [1.54, 1.807) is 36.4 Å². The molecular weight excluding hydrogens is 508 g/mol. The van der Waals surface area contributed by atoms with E-state index in [0.717, 1.165) is 5.56 Å². The number of hydrogen-bond donors (Lipinski definition) is 5. The molecule has 1 aliphatic rings. The monoisotopic (exact) mass is 532 g/mol. The summed E-state index contributed by atoms with van der Waals surface area (Å²) in [5.41, 5.74) is 2.54. The second-order valence-electron chi connectivity index (χ2n) is 9.28. The summed E-state index contributed by atoms with van der Waals surface area (Å²) in [7, 11) is 0. The first kappa shape index (κ1) is 25.3. The molecule has 0 aliphatic carbocycles. The molecule has 5 rings (SSSR count). The van der Waals surface area contributed by atoms with Crippen LogP contribution in [0.5, 0.6) is 34.5 Å². The van der Waals surface area contributed by atoms with Crippen LogP contribution in [0.2, 0.25) is 5.02 Å². The van der Waals surface area contributed by atoms with Gasteiger partial charge in [-0.1, -0.05) is 41.9 Å². The Labute approximate surface area is 223 Å². The first-order chi connectivity index (χ1) is 18.2. The molecule has 0 unspecified atom stereocenters. The molecule has 1 heterocycles. The van der Waals surface area contributed by atoms with Crippen molar-refractivity contribution < 1.29 is 35.1 Å². The van der Waals surface area contributed by atoms with Gasteiger partial charge in [-0.05, 0) is 52.6 Å². The lowest BCUT2D eigenvalue weighted by Crippen LogP contribution is -2.18. The third-order valence-electron chi connectivity index (χ3n) is 6.76. The van der Waals surface area contributed by atoms with Crippen LogP contribution in [0.15, 0.2) is 60.7 Å². The van der Waals surface area contributed by atoms with Crippen LogP contribution in [0.4, 0.5) is 0 Å². The Morgan fingerprint density at radius 2 is 1.37 bits per heavy atom. The summed E-state index contributed by atoms with van der Waals surface area (Å²) in [6, 6.07) is 16.4. The highest BCUT2D eigenvalue weighted by Crippen LogP contribution is 2.47. The molecule has 38 heavy (non-hydrogen) atoms. The number of rotatable bonds is 6. The summed E-state index contributed by atoms with van der Waals surface area (Å²) >= 11 is 6.11. The third kappa shape index (κ3) is 4.80. The molecule has 7 nitrogen and oxygen atoms in total. The summed E-state index contributed by atoms with van der Waals surface area (Å²) < 4.78 is 5.73. The first-order valence-corrected chi connectivity index (χ1v) is 12.4. The number of para-hydroxylation sites is 1. The maximum atomic E-state index is 12.8. The van der Waals surface area contributed by atoms with Crippen LogP contribution >= 0.6 is 11.6 Å². The van der Waals surface area contributed by atoms with E-state index in [-0.39, 0.29) is 77.1 Å². The van der Waals surface area contributed by atoms with E-state index in [1.807, 2.05) is 6.07 Å². The number of hydrogen-bond acceptors (Lipinski definition) is 7. The Balaban J connectivity index is 1.59. The van der Waals surface area contributed by atoms with Gasteiger partial charge in [0.15, 0.2) is 5.78 Å². The van der Waals surface area contributed by atoms with Gasteiger partial charge in [-0.15, -0.1) is 0 Å². The van der Waals surface area contributed by atoms with Crippen molar-refractivity contribution in [1.82, 2.24) is 0 Å². The summed E-state index contributed by atoms with van der Waals surface area (Å²) in [6.45, 7) is 0.0910. The highest BCUT2D eigenvalue weighted by molar-refractivity contribution is 6.30. The van der Waals surface area contributed by atoms with Crippen LogP contribution in [0.3, 0.4) is 0 Å². The number of fused-ring (bicyclic) bond motifs is 1. The molecule has 8 heteroatoms. The predicted molar refractivity (Wildman–Crippen MR) is 142 cm³/mol. The highest BCUT2D eigenvalue weighted by atomic mass is 35.5. The number of carbonyl (C=O) groups excluding carboxylic acids is 1. The van der Waals surface area contributed by atoms with Crippen LogP contribution in [0.1, 0.15) is 50.2 Å². The number of carbonyl (C=O) groups is 1. The minimum absolute atomic E-state index is 0.0135. The second-order valence-corrected chi connectivity index (χ2v) is 9.71. The zero-order chi connectivity index (χ0) is 27.0. The number of halogens is 1. The second kappa shape index (κ2) is 10.2. The molecule has 0 spiro atoms. The normalized spacial score (nSPS) is 12.7. The lowest BCUT2D eigenvalue weighted by Gasteiger charge is -2.24. The van der Waals surface area contributed by atoms with Gasteiger partial charge in [0.25, 0.3) is 0 Å². The average molecular weight is 533 g/mol. The molecule has 0 aromatic heterocycles. The third-order valence-corrected chi connectivity index (χ3v) is 6.99. The Bertz CT molecular complexity index is 1560. The summed E-state index contributed by atoms with van der Waals surface area (Å²) in [4.78, 5) is 12.8. The van der Waals surface area contributed by atoms with Gasteiger partial charge in [-0.25, -0.2) is 0 Å². The highest BCUT2D eigenvalue weighted by Gasteiger charge is 2.32. The average Bonchev–Trinajstić information content (AvgIpc) is 2.89. The van der Waals surface area contributed by atoms with Gasteiger partial charge >= 0.3 is 0 Å². The Morgan fingerprint density at radius 3 is 2.13 bits per heavy atom. The minimum atomic E-state index is -0.410. The van der Waals surface area contributed by atoms with E-state index in [1.165, 1.54) is 18.2 Å². The molecule has 0 amide bonds. The molecule has 194 valence electrons.